The van der Waals surface area contributed by atoms with Crippen molar-refractivity contribution in [2.75, 3.05) is 42.9 Å². The van der Waals surface area contributed by atoms with Crippen molar-refractivity contribution >= 4 is 23.3 Å². The van der Waals surface area contributed by atoms with Gasteiger partial charge in [-0.25, -0.2) is 4.79 Å². The SMILES string of the molecule is CC(C)(C)C(=O)Nc1ccc(N2CCN(CCC#N)CC2)cc1C(=O)O. The van der Waals surface area contributed by atoms with Crippen molar-refractivity contribution in [2.24, 2.45) is 5.41 Å². The zero-order valence-corrected chi connectivity index (χ0v) is 15.6. The summed E-state index contributed by atoms with van der Waals surface area (Å²) >= 11 is 0. The smallest absolute Gasteiger partial charge is 0.337 e. The summed E-state index contributed by atoms with van der Waals surface area (Å²) in [4.78, 5) is 28.2. The Morgan fingerprint density at radius 3 is 2.42 bits per heavy atom. The monoisotopic (exact) mass is 358 g/mol. The Bertz CT molecular complexity index is 710. The van der Waals surface area contributed by atoms with Crippen molar-refractivity contribution in [2.45, 2.75) is 27.2 Å². The van der Waals surface area contributed by atoms with Crippen LogP contribution < -0.4 is 10.2 Å². The van der Waals surface area contributed by atoms with E-state index in [4.69, 9.17) is 5.26 Å². The van der Waals surface area contributed by atoms with Crippen LogP contribution in [0, 0.1) is 16.7 Å². The van der Waals surface area contributed by atoms with Gasteiger partial charge in [-0.15, -0.1) is 0 Å². The Kier molecular flexibility index (Phi) is 6.22. The molecule has 0 bridgehead atoms. The minimum atomic E-state index is -1.07. The van der Waals surface area contributed by atoms with Crippen molar-refractivity contribution in [3.8, 4) is 6.07 Å². The molecule has 0 radical (unpaired) electrons. The van der Waals surface area contributed by atoms with E-state index >= 15 is 0 Å². The zero-order valence-electron chi connectivity index (χ0n) is 15.6. The lowest BCUT2D eigenvalue weighted by molar-refractivity contribution is -0.123. The van der Waals surface area contributed by atoms with Crippen LogP contribution in [0.25, 0.3) is 0 Å². The summed E-state index contributed by atoms with van der Waals surface area (Å²) in [5, 5.41) is 20.9. The second-order valence-electron chi connectivity index (χ2n) is 7.48. The Morgan fingerprint density at radius 2 is 1.88 bits per heavy atom. The predicted molar refractivity (Wildman–Crippen MR) is 100 cm³/mol. The normalized spacial score (nSPS) is 15.4. The predicted octanol–water partition coefficient (Wildman–Crippen LogP) is 2.41. The summed E-state index contributed by atoms with van der Waals surface area (Å²) in [5.74, 6) is -1.29. The van der Waals surface area contributed by atoms with Crippen LogP contribution in [-0.2, 0) is 4.79 Å². The summed E-state index contributed by atoms with van der Waals surface area (Å²) < 4.78 is 0. The van der Waals surface area contributed by atoms with Gasteiger partial charge in [0.25, 0.3) is 0 Å². The molecule has 0 unspecified atom stereocenters. The maximum atomic E-state index is 12.2. The van der Waals surface area contributed by atoms with Crippen molar-refractivity contribution in [3.05, 3.63) is 23.8 Å². The number of aromatic carboxylic acids is 1. The molecule has 26 heavy (non-hydrogen) atoms. The van der Waals surface area contributed by atoms with E-state index in [9.17, 15) is 14.7 Å². The number of nitrogens with one attached hydrogen (secondary N) is 1. The third-order valence-corrected chi connectivity index (χ3v) is 4.44. The summed E-state index contributed by atoms with van der Waals surface area (Å²) in [5.41, 5.74) is 0.630. The third-order valence-electron chi connectivity index (χ3n) is 4.44. The number of rotatable bonds is 5. The number of hydrogen-bond acceptors (Lipinski definition) is 5. The number of piperazine rings is 1. The van der Waals surface area contributed by atoms with Crippen molar-refractivity contribution < 1.29 is 14.7 Å². The number of benzene rings is 1. The number of nitrogens with zero attached hydrogens (tertiary/aromatic N) is 3. The molecule has 1 fully saturated rings. The molecule has 0 atom stereocenters. The topological polar surface area (TPSA) is 96.7 Å². The molecule has 2 rings (SSSR count). The van der Waals surface area contributed by atoms with Crippen molar-refractivity contribution in [1.82, 2.24) is 4.90 Å². The molecule has 1 aliphatic rings. The van der Waals surface area contributed by atoms with Crippen molar-refractivity contribution in [3.63, 3.8) is 0 Å². The number of amides is 1. The molecule has 1 amide bonds. The summed E-state index contributed by atoms with van der Waals surface area (Å²) in [6.45, 7) is 9.34. The number of nitriles is 1. The van der Waals surface area contributed by atoms with Gasteiger partial charge in [-0.1, -0.05) is 20.8 Å². The fraction of sp³-hybridized carbons (Fsp3) is 0.526. The lowest BCUT2D eigenvalue weighted by atomic mass is 9.95. The van der Waals surface area contributed by atoms with Crippen LogP contribution in [0.3, 0.4) is 0 Å². The summed E-state index contributed by atoms with van der Waals surface area (Å²) in [7, 11) is 0. The third kappa shape index (κ3) is 4.96. The highest BCUT2D eigenvalue weighted by atomic mass is 16.4. The second-order valence-corrected chi connectivity index (χ2v) is 7.48. The molecule has 7 nitrogen and oxygen atoms in total. The molecule has 0 spiro atoms. The Balaban J connectivity index is 2.13. The number of carboxylic acid groups (broad SMARTS) is 1. The molecular formula is C19H26N4O3. The zero-order chi connectivity index (χ0) is 19.3. The molecule has 1 saturated heterocycles. The quantitative estimate of drug-likeness (QED) is 0.839. The van der Waals surface area contributed by atoms with E-state index in [-0.39, 0.29) is 11.5 Å². The Labute approximate surface area is 154 Å². The van der Waals surface area contributed by atoms with Gasteiger partial charge in [-0.05, 0) is 18.2 Å². The van der Waals surface area contributed by atoms with E-state index in [1.807, 2.05) is 6.07 Å². The van der Waals surface area contributed by atoms with Gasteiger partial charge in [0, 0.05) is 50.2 Å². The van der Waals surface area contributed by atoms with Crippen LogP contribution in [0.1, 0.15) is 37.6 Å². The van der Waals surface area contributed by atoms with E-state index in [0.29, 0.717) is 12.1 Å². The van der Waals surface area contributed by atoms with Gasteiger partial charge in [0.15, 0.2) is 0 Å². The number of hydrogen-bond donors (Lipinski definition) is 2. The molecule has 2 N–H and O–H groups in total. The minimum absolute atomic E-state index is 0.0898. The molecule has 0 aromatic heterocycles. The van der Waals surface area contributed by atoms with Crippen LogP contribution in [0.4, 0.5) is 11.4 Å². The first-order valence-electron chi connectivity index (χ1n) is 8.75. The number of carboxylic acids is 1. The number of carbonyl (C=O) groups is 2. The highest BCUT2D eigenvalue weighted by molar-refractivity contribution is 6.02. The molecule has 140 valence electrons. The van der Waals surface area contributed by atoms with E-state index in [1.54, 1.807) is 32.9 Å². The largest absolute Gasteiger partial charge is 0.478 e. The molecule has 0 aliphatic carbocycles. The highest BCUT2D eigenvalue weighted by Crippen LogP contribution is 2.26. The summed E-state index contributed by atoms with van der Waals surface area (Å²) in [6, 6.07) is 7.27. The van der Waals surface area contributed by atoms with Crippen molar-refractivity contribution in [1.29, 1.82) is 5.26 Å². The van der Waals surface area contributed by atoms with Crippen LogP contribution in [0.2, 0.25) is 0 Å². The van der Waals surface area contributed by atoms with E-state index in [1.165, 1.54) is 0 Å². The van der Waals surface area contributed by atoms with Gasteiger partial charge >= 0.3 is 5.97 Å². The number of carbonyl (C=O) groups excluding carboxylic acids is 1. The Hall–Kier alpha value is -2.59. The lowest BCUT2D eigenvalue weighted by Crippen LogP contribution is -2.46. The van der Waals surface area contributed by atoms with E-state index < -0.39 is 11.4 Å². The van der Waals surface area contributed by atoms with Gasteiger partial charge in [-0.2, -0.15) is 5.26 Å². The average Bonchev–Trinajstić information content (AvgIpc) is 2.59. The average molecular weight is 358 g/mol. The first kappa shape index (κ1) is 19.7. The van der Waals surface area contributed by atoms with Gasteiger partial charge in [0.05, 0.1) is 17.3 Å². The summed E-state index contributed by atoms with van der Waals surface area (Å²) in [6.07, 6.45) is 0.519. The maximum absolute atomic E-state index is 12.2. The van der Waals surface area contributed by atoms with Crippen LogP contribution in [0.5, 0.6) is 0 Å². The van der Waals surface area contributed by atoms with Gasteiger partial charge in [0.1, 0.15) is 0 Å². The Morgan fingerprint density at radius 1 is 1.23 bits per heavy atom. The lowest BCUT2D eigenvalue weighted by Gasteiger charge is -2.36. The standard InChI is InChI=1S/C19H26N4O3/c1-19(2,3)18(26)21-16-6-5-14(13-15(16)17(24)25)23-11-9-22(10-12-23)8-4-7-20/h5-6,13H,4,8-12H2,1-3H3,(H,21,26)(H,24,25). The van der Waals surface area contributed by atoms with Gasteiger partial charge < -0.3 is 15.3 Å². The minimum Gasteiger partial charge on any atom is -0.478 e. The highest BCUT2D eigenvalue weighted by Gasteiger charge is 2.24. The molecule has 1 aromatic carbocycles. The van der Waals surface area contributed by atoms with E-state index in [2.05, 4.69) is 21.2 Å². The number of anilines is 2. The molecule has 1 heterocycles. The molecule has 0 saturated carbocycles. The molecule has 7 heteroatoms. The second kappa shape index (κ2) is 8.19. The molecule has 1 aliphatic heterocycles. The molecular weight excluding hydrogens is 332 g/mol. The fourth-order valence-electron chi connectivity index (χ4n) is 2.76. The fourth-order valence-corrected chi connectivity index (χ4v) is 2.76. The van der Waals surface area contributed by atoms with Crippen LogP contribution >= 0.6 is 0 Å². The van der Waals surface area contributed by atoms with E-state index in [0.717, 1.165) is 38.4 Å². The van der Waals surface area contributed by atoms with Gasteiger partial charge in [-0.3, -0.25) is 9.69 Å². The van der Waals surface area contributed by atoms with Crippen LogP contribution in [0.15, 0.2) is 18.2 Å². The first-order chi connectivity index (χ1) is 12.2. The molecule has 1 aromatic rings. The maximum Gasteiger partial charge on any atom is 0.337 e. The first-order valence-corrected chi connectivity index (χ1v) is 8.75. The van der Waals surface area contributed by atoms with Gasteiger partial charge in [0.2, 0.25) is 5.91 Å². The van der Waals surface area contributed by atoms with Crippen LogP contribution in [-0.4, -0.2) is 54.6 Å².